The van der Waals surface area contributed by atoms with Gasteiger partial charge in [-0.1, -0.05) is 6.07 Å². The third-order valence-corrected chi connectivity index (χ3v) is 3.93. The molecule has 1 aliphatic rings. The van der Waals surface area contributed by atoms with E-state index in [1.54, 1.807) is 35.4 Å². The molecule has 0 unspecified atom stereocenters. The molecule has 0 aliphatic carbocycles. The van der Waals surface area contributed by atoms with Crippen LogP contribution in [0, 0.1) is 0 Å². The predicted octanol–water partition coefficient (Wildman–Crippen LogP) is 2.75. The van der Waals surface area contributed by atoms with Gasteiger partial charge in [0.15, 0.2) is 0 Å². The summed E-state index contributed by atoms with van der Waals surface area (Å²) in [4.78, 5) is 18.3. The number of benzene rings is 1. The number of phenolic OH excluding ortho intramolecular Hbond substituents is 1. The van der Waals surface area contributed by atoms with Crippen LogP contribution in [0.25, 0.3) is 0 Å². The zero-order chi connectivity index (χ0) is 14.1. The maximum absolute atomic E-state index is 12.4. The number of carbonyl (C=O) groups excluding carboxylic acids is 1. The summed E-state index contributed by atoms with van der Waals surface area (Å²) in [6.07, 6.45) is 2.38. The van der Waals surface area contributed by atoms with Gasteiger partial charge in [0.25, 0.3) is 5.91 Å². The monoisotopic (exact) mass is 332 g/mol. The number of phenols is 1. The van der Waals surface area contributed by atoms with Gasteiger partial charge in [-0.05, 0) is 57.7 Å². The fourth-order valence-corrected chi connectivity index (χ4v) is 2.64. The Morgan fingerprint density at radius 3 is 2.85 bits per heavy atom. The van der Waals surface area contributed by atoms with Gasteiger partial charge in [-0.15, -0.1) is 0 Å². The van der Waals surface area contributed by atoms with Crippen molar-refractivity contribution in [3.63, 3.8) is 0 Å². The zero-order valence-electron chi connectivity index (χ0n) is 10.7. The molecule has 102 valence electrons. The van der Waals surface area contributed by atoms with E-state index in [4.69, 9.17) is 0 Å². The molecule has 0 spiro atoms. The van der Waals surface area contributed by atoms with E-state index in [2.05, 4.69) is 20.9 Å². The molecule has 4 nitrogen and oxygen atoms in total. The van der Waals surface area contributed by atoms with E-state index in [9.17, 15) is 9.90 Å². The number of fused-ring (bicyclic) bond motifs is 1. The second-order valence-corrected chi connectivity index (χ2v) is 5.61. The Labute approximate surface area is 125 Å². The Balaban J connectivity index is 1.82. The SMILES string of the molecule is O=C(c1ccc(Br)nc1)N1CCc2ccc(O)cc2C1. The first kappa shape index (κ1) is 13.1. The molecule has 1 aromatic heterocycles. The molecule has 0 saturated carbocycles. The lowest BCUT2D eigenvalue weighted by Gasteiger charge is -2.29. The number of rotatable bonds is 1. The predicted molar refractivity (Wildman–Crippen MR) is 78.5 cm³/mol. The topological polar surface area (TPSA) is 53.4 Å². The van der Waals surface area contributed by atoms with Crippen LogP contribution in [0.4, 0.5) is 0 Å². The van der Waals surface area contributed by atoms with Crippen molar-refractivity contribution in [3.8, 4) is 5.75 Å². The van der Waals surface area contributed by atoms with Crippen molar-refractivity contribution in [2.45, 2.75) is 13.0 Å². The maximum atomic E-state index is 12.4. The van der Waals surface area contributed by atoms with Crippen LogP contribution in [-0.2, 0) is 13.0 Å². The quantitative estimate of drug-likeness (QED) is 0.817. The van der Waals surface area contributed by atoms with Gasteiger partial charge >= 0.3 is 0 Å². The van der Waals surface area contributed by atoms with E-state index < -0.39 is 0 Å². The molecule has 0 bridgehead atoms. The van der Waals surface area contributed by atoms with E-state index >= 15 is 0 Å². The molecule has 0 fully saturated rings. The maximum Gasteiger partial charge on any atom is 0.255 e. The van der Waals surface area contributed by atoms with Crippen LogP contribution in [0.5, 0.6) is 5.75 Å². The van der Waals surface area contributed by atoms with Crippen LogP contribution in [0.3, 0.4) is 0 Å². The van der Waals surface area contributed by atoms with Crippen molar-refractivity contribution < 1.29 is 9.90 Å². The summed E-state index contributed by atoms with van der Waals surface area (Å²) in [5.74, 6) is 0.211. The van der Waals surface area contributed by atoms with E-state index in [0.29, 0.717) is 23.3 Å². The minimum absolute atomic E-state index is 0.0287. The van der Waals surface area contributed by atoms with E-state index in [1.807, 2.05) is 6.07 Å². The number of nitrogens with zero attached hydrogens (tertiary/aromatic N) is 2. The molecule has 0 saturated heterocycles. The lowest BCUT2D eigenvalue weighted by molar-refractivity contribution is 0.0734. The van der Waals surface area contributed by atoms with Crippen LogP contribution in [0.15, 0.2) is 41.1 Å². The molecule has 2 aromatic rings. The zero-order valence-corrected chi connectivity index (χ0v) is 12.3. The molecule has 1 N–H and O–H groups in total. The summed E-state index contributed by atoms with van der Waals surface area (Å²) < 4.78 is 0.711. The molecular weight excluding hydrogens is 320 g/mol. The molecule has 1 aromatic carbocycles. The first-order valence-corrected chi connectivity index (χ1v) is 7.14. The molecule has 1 aliphatic heterocycles. The number of pyridine rings is 1. The summed E-state index contributed by atoms with van der Waals surface area (Å²) in [5.41, 5.74) is 2.78. The molecule has 20 heavy (non-hydrogen) atoms. The third kappa shape index (κ3) is 2.54. The number of halogens is 1. The van der Waals surface area contributed by atoms with Crippen LogP contribution < -0.4 is 0 Å². The fraction of sp³-hybridized carbons (Fsp3) is 0.200. The molecule has 0 radical (unpaired) electrons. The van der Waals surface area contributed by atoms with Gasteiger partial charge in [-0.2, -0.15) is 0 Å². The van der Waals surface area contributed by atoms with Crippen LogP contribution >= 0.6 is 15.9 Å². The molecule has 1 amide bonds. The number of hydrogen-bond acceptors (Lipinski definition) is 3. The standard InChI is InChI=1S/C15H13BrN2O2/c16-14-4-2-11(8-17-14)15(20)18-6-5-10-1-3-13(19)7-12(10)9-18/h1-4,7-8,19H,5-6,9H2. The van der Waals surface area contributed by atoms with Crippen molar-refractivity contribution in [1.82, 2.24) is 9.88 Å². The molecule has 2 heterocycles. The second-order valence-electron chi connectivity index (χ2n) is 4.80. The first-order chi connectivity index (χ1) is 9.63. The van der Waals surface area contributed by atoms with Gasteiger partial charge in [0.05, 0.1) is 5.56 Å². The molecule has 0 atom stereocenters. The van der Waals surface area contributed by atoms with Gasteiger partial charge < -0.3 is 10.0 Å². The fourth-order valence-electron chi connectivity index (χ4n) is 2.40. The average Bonchev–Trinajstić information content (AvgIpc) is 2.46. The summed E-state index contributed by atoms with van der Waals surface area (Å²) in [7, 11) is 0. The third-order valence-electron chi connectivity index (χ3n) is 3.46. The van der Waals surface area contributed by atoms with Crippen molar-refractivity contribution in [3.05, 3.63) is 57.8 Å². The number of carbonyl (C=O) groups is 1. The van der Waals surface area contributed by atoms with Gasteiger partial charge in [-0.3, -0.25) is 4.79 Å². The smallest absolute Gasteiger partial charge is 0.255 e. The van der Waals surface area contributed by atoms with Crippen LogP contribution in [-0.4, -0.2) is 27.4 Å². The summed E-state index contributed by atoms with van der Waals surface area (Å²) in [6.45, 7) is 1.21. The number of aromatic nitrogens is 1. The summed E-state index contributed by atoms with van der Waals surface area (Å²) >= 11 is 3.26. The van der Waals surface area contributed by atoms with Gasteiger partial charge in [0.2, 0.25) is 0 Å². The minimum atomic E-state index is -0.0287. The minimum Gasteiger partial charge on any atom is -0.508 e. The number of aromatic hydroxyl groups is 1. The number of hydrogen-bond donors (Lipinski definition) is 1. The molecule has 5 heteroatoms. The number of amides is 1. The Bertz CT molecular complexity index is 655. The van der Waals surface area contributed by atoms with Crippen LogP contribution in [0.1, 0.15) is 21.5 Å². The van der Waals surface area contributed by atoms with E-state index in [0.717, 1.165) is 12.0 Å². The van der Waals surface area contributed by atoms with Gasteiger partial charge in [0.1, 0.15) is 10.4 Å². The Hall–Kier alpha value is -1.88. The van der Waals surface area contributed by atoms with Crippen molar-refractivity contribution in [2.24, 2.45) is 0 Å². The average molecular weight is 333 g/mol. The van der Waals surface area contributed by atoms with Gasteiger partial charge in [-0.25, -0.2) is 4.98 Å². The normalized spacial score (nSPS) is 13.9. The lowest BCUT2D eigenvalue weighted by atomic mass is 9.99. The Morgan fingerprint density at radius 2 is 2.10 bits per heavy atom. The Morgan fingerprint density at radius 1 is 1.25 bits per heavy atom. The van der Waals surface area contributed by atoms with E-state index in [-0.39, 0.29) is 11.7 Å². The summed E-state index contributed by atoms with van der Waals surface area (Å²) in [6, 6.07) is 8.87. The largest absolute Gasteiger partial charge is 0.508 e. The van der Waals surface area contributed by atoms with E-state index in [1.165, 1.54) is 5.56 Å². The van der Waals surface area contributed by atoms with Crippen molar-refractivity contribution in [1.29, 1.82) is 0 Å². The highest BCUT2D eigenvalue weighted by molar-refractivity contribution is 9.10. The lowest BCUT2D eigenvalue weighted by Crippen LogP contribution is -2.35. The van der Waals surface area contributed by atoms with Crippen molar-refractivity contribution in [2.75, 3.05) is 6.54 Å². The summed E-state index contributed by atoms with van der Waals surface area (Å²) in [5, 5.41) is 9.54. The highest BCUT2D eigenvalue weighted by Gasteiger charge is 2.22. The molecular formula is C15H13BrN2O2. The highest BCUT2D eigenvalue weighted by Crippen LogP contribution is 2.24. The Kier molecular flexibility index (Phi) is 3.44. The first-order valence-electron chi connectivity index (χ1n) is 6.35. The second kappa shape index (κ2) is 5.25. The van der Waals surface area contributed by atoms with Gasteiger partial charge in [0, 0.05) is 19.3 Å². The molecule has 3 rings (SSSR count). The van der Waals surface area contributed by atoms with Crippen LogP contribution in [0.2, 0.25) is 0 Å². The van der Waals surface area contributed by atoms with Crippen molar-refractivity contribution >= 4 is 21.8 Å². The highest BCUT2D eigenvalue weighted by atomic mass is 79.9.